The van der Waals surface area contributed by atoms with E-state index in [4.69, 9.17) is 18.9 Å². The Balaban J connectivity index is 1.85. The smallest absolute Gasteiger partial charge is 0.231 e. The van der Waals surface area contributed by atoms with Gasteiger partial charge in [0.2, 0.25) is 12.6 Å². The van der Waals surface area contributed by atoms with Crippen molar-refractivity contribution in [2.75, 3.05) is 13.9 Å². The third-order valence-corrected chi connectivity index (χ3v) is 4.98. The molecule has 2 aromatic rings. The van der Waals surface area contributed by atoms with Gasteiger partial charge in [0, 0.05) is 30.4 Å². The van der Waals surface area contributed by atoms with Gasteiger partial charge in [-0.25, -0.2) is 0 Å². The summed E-state index contributed by atoms with van der Waals surface area (Å²) in [6.07, 6.45) is 0. The van der Waals surface area contributed by atoms with E-state index in [0.717, 1.165) is 16.9 Å². The Hall–Kier alpha value is -2.40. The molecule has 0 radical (unpaired) electrons. The van der Waals surface area contributed by atoms with Gasteiger partial charge < -0.3 is 24.1 Å². The zero-order valence-corrected chi connectivity index (χ0v) is 13.9. The van der Waals surface area contributed by atoms with Gasteiger partial charge in [-0.2, -0.15) is 0 Å². The molecule has 0 unspecified atom stereocenters. The number of hydrogen-bond acceptors (Lipinski definition) is 5. The van der Waals surface area contributed by atoms with Crippen LogP contribution in [0.3, 0.4) is 0 Å². The number of hydrogen-bond donors (Lipinski definition) is 1. The Labute approximate surface area is 140 Å². The first-order valence-electron chi connectivity index (χ1n) is 7.98. The predicted molar refractivity (Wildman–Crippen MR) is 87.8 cm³/mol. The van der Waals surface area contributed by atoms with Gasteiger partial charge in [0.25, 0.3) is 0 Å². The monoisotopic (exact) mass is 328 g/mol. The summed E-state index contributed by atoms with van der Waals surface area (Å²) in [6.45, 7) is 3.89. The maximum atomic E-state index is 10.8. The van der Waals surface area contributed by atoms with Crippen LogP contribution in [0.4, 0.5) is 0 Å². The Morgan fingerprint density at radius 3 is 2.42 bits per heavy atom. The number of fused-ring (bicyclic) bond motifs is 2. The van der Waals surface area contributed by atoms with Crippen molar-refractivity contribution >= 4 is 0 Å². The first kappa shape index (κ1) is 15.1. The number of aliphatic hydroxyl groups is 1. The quantitative estimate of drug-likeness (QED) is 0.917. The Bertz CT molecular complexity index is 766. The van der Waals surface area contributed by atoms with Crippen LogP contribution in [0.5, 0.6) is 23.0 Å². The molecule has 3 atom stereocenters. The van der Waals surface area contributed by atoms with Crippen LogP contribution in [0, 0.1) is 5.92 Å². The maximum Gasteiger partial charge on any atom is 0.231 e. The predicted octanol–water partition coefficient (Wildman–Crippen LogP) is 3.29. The van der Waals surface area contributed by atoms with Crippen molar-refractivity contribution in [3.63, 3.8) is 0 Å². The molecule has 0 aliphatic carbocycles. The molecule has 0 saturated heterocycles. The Kier molecular flexibility index (Phi) is 3.35. The molecule has 5 nitrogen and oxygen atoms in total. The van der Waals surface area contributed by atoms with E-state index >= 15 is 0 Å². The van der Waals surface area contributed by atoms with E-state index in [1.54, 1.807) is 20.1 Å². The van der Waals surface area contributed by atoms with E-state index in [1.165, 1.54) is 0 Å². The lowest BCUT2D eigenvalue weighted by Crippen LogP contribution is -2.45. The molecule has 24 heavy (non-hydrogen) atoms. The van der Waals surface area contributed by atoms with E-state index in [0.29, 0.717) is 17.2 Å². The van der Waals surface area contributed by atoms with Crippen molar-refractivity contribution < 1.29 is 24.1 Å². The summed E-state index contributed by atoms with van der Waals surface area (Å²) in [7, 11) is 1.65. The summed E-state index contributed by atoms with van der Waals surface area (Å²) in [5, 5.41) is 10.8. The maximum absolute atomic E-state index is 10.8. The molecule has 1 N–H and O–H groups in total. The van der Waals surface area contributed by atoms with Crippen molar-refractivity contribution in [3.8, 4) is 23.0 Å². The van der Waals surface area contributed by atoms with Crippen LogP contribution in [0.25, 0.3) is 0 Å². The van der Waals surface area contributed by atoms with Crippen molar-refractivity contribution in [3.05, 3.63) is 47.5 Å². The van der Waals surface area contributed by atoms with E-state index in [-0.39, 0.29) is 18.6 Å². The molecule has 2 aromatic carbocycles. The summed E-state index contributed by atoms with van der Waals surface area (Å²) in [6, 6.07) is 11.7. The topological polar surface area (TPSA) is 57.2 Å². The highest BCUT2D eigenvalue weighted by Gasteiger charge is 2.44. The number of ether oxygens (including phenoxy) is 4. The molecular formula is C19H20O5. The van der Waals surface area contributed by atoms with E-state index < -0.39 is 5.79 Å². The molecule has 0 amide bonds. The van der Waals surface area contributed by atoms with Gasteiger partial charge >= 0.3 is 0 Å². The molecule has 0 saturated carbocycles. The molecule has 0 spiro atoms. The molecular weight excluding hydrogens is 308 g/mol. The second-order valence-electron chi connectivity index (χ2n) is 6.44. The van der Waals surface area contributed by atoms with Crippen molar-refractivity contribution in [2.45, 2.75) is 25.6 Å². The third kappa shape index (κ3) is 2.27. The van der Waals surface area contributed by atoms with Gasteiger partial charge in [0.1, 0.15) is 11.5 Å². The highest BCUT2D eigenvalue weighted by atomic mass is 16.7. The van der Waals surface area contributed by atoms with Crippen molar-refractivity contribution in [1.82, 2.24) is 0 Å². The Morgan fingerprint density at radius 1 is 1.08 bits per heavy atom. The summed E-state index contributed by atoms with van der Waals surface area (Å²) in [5.41, 5.74) is 2.08. The molecule has 0 fully saturated rings. The fraction of sp³-hybridized carbons (Fsp3) is 0.368. The molecule has 5 heteroatoms. The second kappa shape index (κ2) is 5.31. The standard InChI is InChI=1S/C19H20O5/c1-11-18(12-4-6-13(21-3)7-5-12)14-8-16-17(23-10-22-16)9-15(14)24-19(11,2)20/h4-9,11,18,20H,10H2,1-3H3/t11-,18+,19-/m1/s1. The van der Waals surface area contributed by atoms with Crippen LogP contribution in [0.2, 0.25) is 0 Å². The minimum Gasteiger partial charge on any atom is -0.497 e. The fourth-order valence-electron chi connectivity index (χ4n) is 3.44. The van der Waals surface area contributed by atoms with Gasteiger partial charge in [-0.3, -0.25) is 0 Å². The SMILES string of the molecule is COc1ccc([C@H]2c3cc4c(cc3O[C@@](C)(O)[C@@H]2C)OCO4)cc1. The highest BCUT2D eigenvalue weighted by Crippen LogP contribution is 2.51. The zero-order valence-electron chi connectivity index (χ0n) is 13.9. The van der Waals surface area contributed by atoms with E-state index in [9.17, 15) is 5.11 Å². The minimum absolute atomic E-state index is 0.0239. The van der Waals surface area contributed by atoms with Crippen LogP contribution < -0.4 is 18.9 Å². The number of methoxy groups -OCH3 is 1. The average Bonchev–Trinajstić information content (AvgIpc) is 3.01. The average molecular weight is 328 g/mol. The molecule has 2 aliphatic heterocycles. The molecule has 0 bridgehead atoms. The lowest BCUT2D eigenvalue weighted by molar-refractivity contribution is -0.171. The zero-order chi connectivity index (χ0) is 16.9. The molecule has 2 aliphatic rings. The summed E-state index contributed by atoms with van der Waals surface area (Å²) in [5.74, 6) is 1.35. The van der Waals surface area contributed by atoms with Crippen LogP contribution in [0.15, 0.2) is 36.4 Å². The lowest BCUT2D eigenvalue weighted by Gasteiger charge is -2.42. The summed E-state index contributed by atoms with van der Waals surface area (Å²) < 4.78 is 22.0. The second-order valence-corrected chi connectivity index (χ2v) is 6.44. The minimum atomic E-state index is -1.27. The summed E-state index contributed by atoms with van der Waals surface area (Å²) in [4.78, 5) is 0. The normalized spacial score (nSPS) is 27.3. The van der Waals surface area contributed by atoms with Gasteiger partial charge in [-0.05, 0) is 23.8 Å². The van der Waals surface area contributed by atoms with Crippen molar-refractivity contribution in [2.24, 2.45) is 5.92 Å². The van der Waals surface area contributed by atoms with Gasteiger partial charge in [-0.15, -0.1) is 0 Å². The Morgan fingerprint density at radius 2 is 1.75 bits per heavy atom. The first-order valence-corrected chi connectivity index (χ1v) is 7.98. The van der Waals surface area contributed by atoms with Gasteiger partial charge in [0.05, 0.1) is 7.11 Å². The molecule has 4 rings (SSSR count). The lowest BCUT2D eigenvalue weighted by atomic mass is 9.75. The van der Waals surface area contributed by atoms with Crippen LogP contribution >= 0.6 is 0 Å². The van der Waals surface area contributed by atoms with E-state index in [1.807, 2.05) is 37.3 Å². The van der Waals surface area contributed by atoms with Crippen LogP contribution in [0.1, 0.15) is 30.9 Å². The highest BCUT2D eigenvalue weighted by molar-refractivity contribution is 5.56. The van der Waals surface area contributed by atoms with Crippen molar-refractivity contribution in [1.29, 1.82) is 0 Å². The van der Waals surface area contributed by atoms with Crippen LogP contribution in [-0.4, -0.2) is 24.8 Å². The molecule has 0 aromatic heterocycles. The third-order valence-electron chi connectivity index (χ3n) is 4.98. The fourth-order valence-corrected chi connectivity index (χ4v) is 3.44. The summed E-state index contributed by atoms with van der Waals surface area (Å²) >= 11 is 0. The molecule has 126 valence electrons. The van der Waals surface area contributed by atoms with Crippen LogP contribution in [-0.2, 0) is 0 Å². The first-order chi connectivity index (χ1) is 11.5. The largest absolute Gasteiger partial charge is 0.497 e. The van der Waals surface area contributed by atoms with E-state index in [2.05, 4.69) is 0 Å². The number of benzene rings is 2. The molecule has 2 heterocycles. The number of rotatable bonds is 2. The van der Waals surface area contributed by atoms with Gasteiger partial charge in [-0.1, -0.05) is 19.1 Å². The van der Waals surface area contributed by atoms with Gasteiger partial charge in [0.15, 0.2) is 11.5 Å².